The number of carboxylic acids is 1. The van der Waals surface area contributed by atoms with Gasteiger partial charge in [-0.05, 0) is 38.8 Å². The number of nitrogens with one attached hydrogen (secondary N) is 2. The Labute approximate surface area is 162 Å². The Balaban J connectivity index is 1.89. The number of thiophene rings is 1. The molecule has 150 valence electrons. The number of rotatable bonds is 9. The summed E-state index contributed by atoms with van der Waals surface area (Å²) in [5, 5.41) is 15.1. The van der Waals surface area contributed by atoms with Crippen molar-refractivity contribution < 1.29 is 24.2 Å². The first-order valence-electron chi connectivity index (χ1n) is 9.21. The van der Waals surface area contributed by atoms with E-state index in [1.54, 1.807) is 13.0 Å². The van der Waals surface area contributed by atoms with Crippen LogP contribution in [0.2, 0.25) is 0 Å². The number of carbonyl (C=O) groups excluding carboxylic acids is 2. The van der Waals surface area contributed by atoms with Crippen LogP contribution in [0.5, 0.6) is 0 Å². The number of carboxylic acid groups (broad SMARTS) is 1. The lowest BCUT2D eigenvalue weighted by Gasteiger charge is -2.42. The molecule has 8 nitrogen and oxygen atoms in total. The Morgan fingerprint density at radius 3 is 2.56 bits per heavy atom. The van der Waals surface area contributed by atoms with Gasteiger partial charge in [0.05, 0.1) is 18.7 Å². The van der Waals surface area contributed by atoms with E-state index in [1.807, 2.05) is 18.7 Å². The molecule has 1 aromatic rings. The van der Waals surface area contributed by atoms with E-state index in [0.29, 0.717) is 30.0 Å². The predicted molar refractivity (Wildman–Crippen MR) is 104 cm³/mol. The molecule has 27 heavy (non-hydrogen) atoms. The van der Waals surface area contributed by atoms with Crippen molar-refractivity contribution in [3.8, 4) is 0 Å². The molecule has 3 N–H and O–H groups in total. The second-order valence-electron chi connectivity index (χ2n) is 6.41. The molecule has 0 spiro atoms. The van der Waals surface area contributed by atoms with E-state index in [0.717, 1.165) is 11.3 Å². The van der Waals surface area contributed by atoms with Gasteiger partial charge in [-0.2, -0.15) is 0 Å². The highest BCUT2D eigenvalue weighted by Gasteiger charge is 2.34. The standard InChI is InChI=1S/C18H27N3O5S/c1-4-13-9-14(17(24)26-6-3)16(27-13)20-18(25)19-11-7-12(8-11)21(5-2)10-15(22)23/h9,11-12H,4-8,10H2,1-3H3,(H,22,23)(H2,19,20,25). The number of nitrogens with zero attached hydrogens (tertiary/aromatic N) is 1. The molecule has 9 heteroatoms. The smallest absolute Gasteiger partial charge is 0.341 e. The van der Waals surface area contributed by atoms with Gasteiger partial charge in [-0.3, -0.25) is 15.0 Å². The predicted octanol–water partition coefficient (Wildman–Crippen LogP) is 2.55. The van der Waals surface area contributed by atoms with Crippen molar-refractivity contribution in [2.45, 2.75) is 52.1 Å². The third-order valence-corrected chi connectivity index (χ3v) is 5.76. The summed E-state index contributed by atoms with van der Waals surface area (Å²) in [5.41, 5.74) is 0.374. The fourth-order valence-corrected chi connectivity index (χ4v) is 4.05. The van der Waals surface area contributed by atoms with E-state index < -0.39 is 11.9 Å². The highest BCUT2D eigenvalue weighted by molar-refractivity contribution is 7.16. The Morgan fingerprint density at radius 2 is 2.00 bits per heavy atom. The van der Waals surface area contributed by atoms with Crippen molar-refractivity contribution in [1.29, 1.82) is 0 Å². The van der Waals surface area contributed by atoms with Crippen LogP contribution in [-0.2, 0) is 16.0 Å². The second kappa shape index (κ2) is 9.70. The minimum Gasteiger partial charge on any atom is -0.480 e. The number of hydrogen-bond donors (Lipinski definition) is 3. The summed E-state index contributed by atoms with van der Waals surface area (Å²) in [5.74, 6) is -1.29. The number of ether oxygens (including phenoxy) is 1. The second-order valence-corrected chi connectivity index (χ2v) is 7.54. The highest BCUT2D eigenvalue weighted by Crippen LogP contribution is 2.30. The lowest BCUT2D eigenvalue weighted by Crippen LogP contribution is -2.55. The summed E-state index contributed by atoms with van der Waals surface area (Å²) in [6.45, 7) is 6.59. The van der Waals surface area contributed by atoms with Crippen molar-refractivity contribution in [3.63, 3.8) is 0 Å². The van der Waals surface area contributed by atoms with E-state index in [9.17, 15) is 14.4 Å². The maximum Gasteiger partial charge on any atom is 0.341 e. The minimum atomic E-state index is -0.845. The largest absolute Gasteiger partial charge is 0.480 e. The van der Waals surface area contributed by atoms with Crippen molar-refractivity contribution >= 4 is 34.3 Å². The van der Waals surface area contributed by atoms with Crippen LogP contribution in [0.4, 0.5) is 9.80 Å². The van der Waals surface area contributed by atoms with Crippen LogP contribution in [0.25, 0.3) is 0 Å². The van der Waals surface area contributed by atoms with Crippen molar-refractivity contribution in [2.75, 3.05) is 25.0 Å². The number of aliphatic carboxylic acids is 1. The third-order valence-electron chi connectivity index (χ3n) is 4.56. The molecule has 0 saturated heterocycles. The SMILES string of the molecule is CCOC(=O)c1cc(CC)sc1NC(=O)NC1CC(N(CC)CC(=O)O)C1. The van der Waals surface area contributed by atoms with Crippen LogP contribution >= 0.6 is 11.3 Å². The van der Waals surface area contributed by atoms with Gasteiger partial charge in [0.2, 0.25) is 0 Å². The zero-order valence-corrected chi connectivity index (χ0v) is 16.7. The molecule has 0 unspecified atom stereocenters. The molecule has 0 aromatic carbocycles. The number of amides is 2. The lowest BCUT2D eigenvalue weighted by atomic mass is 9.85. The average molecular weight is 397 g/mol. The molecule has 1 fully saturated rings. The fourth-order valence-electron chi connectivity index (χ4n) is 3.07. The molecular formula is C18H27N3O5S. The topological polar surface area (TPSA) is 108 Å². The molecule has 0 bridgehead atoms. The Kier molecular flexibility index (Phi) is 7.61. The Bertz CT molecular complexity index is 685. The number of urea groups is 1. The molecule has 1 aromatic heterocycles. The van der Waals surface area contributed by atoms with E-state index in [2.05, 4.69) is 10.6 Å². The van der Waals surface area contributed by atoms with Crippen molar-refractivity contribution in [1.82, 2.24) is 10.2 Å². The monoisotopic (exact) mass is 397 g/mol. The summed E-state index contributed by atoms with van der Waals surface area (Å²) < 4.78 is 5.05. The van der Waals surface area contributed by atoms with E-state index >= 15 is 0 Å². The van der Waals surface area contributed by atoms with Crippen LogP contribution in [0.1, 0.15) is 48.8 Å². The van der Waals surface area contributed by atoms with E-state index in [-0.39, 0.29) is 31.3 Å². The normalized spacial score (nSPS) is 18.7. The van der Waals surface area contributed by atoms with Gasteiger partial charge >= 0.3 is 18.0 Å². The average Bonchev–Trinajstić information content (AvgIpc) is 2.99. The molecular weight excluding hydrogens is 370 g/mol. The molecule has 1 aliphatic rings. The number of likely N-dealkylation sites (N-methyl/N-ethyl adjacent to an activating group) is 1. The van der Waals surface area contributed by atoms with Gasteiger partial charge in [-0.25, -0.2) is 9.59 Å². The third kappa shape index (κ3) is 5.67. The highest BCUT2D eigenvalue weighted by atomic mass is 32.1. The van der Waals surface area contributed by atoms with Gasteiger partial charge in [0.15, 0.2) is 0 Å². The molecule has 1 saturated carbocycles. The maximum absolute atomic E-state index is 12.3. The first kappa shape index (κ1) is 21.2. The molecule has 0 atom stereocenters. The summed E-state index contributed by atoms with van der Waals surface area (Å²) in [6, 6.07) is 1.55. The van der Waals surface area contributed by atoms with Crippen molar-refractivity contribution in [3.05, 3.63) is 16.5 Å². The zero-order valence-electron chi connectivity index (χ0n) is 15.9. The Hall–Kier alpha value is -2.13. The number of anilines is 1. The quantitative estimate of drug-likeness (QED) is 0.553. The van der Waals surface area contributed by atoms with Gasteiger partial charge in [-0.1, -0.05) is 13.8 Å². The fraction of sp³-hybridized carbons (Fsp3) is 0.611. The van der Waals surface area contributed by atoms with Crippen LogP contribution < -0.4 is 10.6 Å². The number of aryl methyl sites for hydroxylation is 1. The van der Waals surface area contributed by atoms with Crippen LogP contribution in [0, 0.1) is 0 Å². The van der Waals surface area contributed by atoms with Crippen molar-refractivity contribution in [2.24, 2.45) is 0 Å². The molecule has 1 aliphatic carbocycles. The lowest BCUT2D eigenvalue weighted by molar-refractivity contribution is -0.139. The van der Waals surface area contributed by atoms with E-state index in [4.69, 9.17) is 9.84 Å². The number of esters is 1. The summed E-state index contributed by atoms with van der Waals surface area (Å²) in [4.78, 5) is 38.1. The molecule has 2 amide bonds. The van der Waals surface area contributed by atoms with Crippen LogP contribution in [0.15, 0.2) is 6.07 Å². The number of hydrogen-bond acceptors (Lipinski definition) is 6. The minimum absolute atomic E-state index is 0.00510. The summed E-state index contributed by atoms with van der Waals surface area (Å²) in [6.07, 6.45) is 2.19. The zero-order chi connectivity index (χ0) is 20.0. The number of carbonyl (C=O) groups is 3. The first-order chi connectivity index (χ1) is 12.9. The van der Waals surface area contributed by atoms with Gasteiger partial charge < -0.3 is 15.2 Å². The molecule has 1 heterocycles. The molecule has 2 rings (SSSR count). The summed E-state index contributed by atoms with van der Waals surface area (Å²) in [7, 11) is 0. The summed E-state index contributed by atoms with van der Waals surface area (Å²) >= 11 is 1.36. The molecule has 0 radical (unpaired) electrons. The van der Waals surface area contributed by atoms with Gasteiger partial charge in [0, 0.05) is 17.0 Å². The van der Waals surface area contributed by atoms with Gasteiger partial charge in [-0.15, -0.1) is 11.3 Å². The molecule has 0 aliphatic heterocycles. The Morgan fingerprint density at radius 1 is 1.30 bits per heavy atom. The van der Waals surface area contributed by atoms with Gasteiger partial charge in [0.1, 0.15) is 5.00 Å². The maximum atomic E-state index is 12.3. The van der Waals surface area contributed by atoms with Gasteiger partial charge in [0.25, 0.3) is 0 Å². The first-order valence-corrected chi connectivity index (χ1v) is 10.0. The van der Waals surface area contributed by atoms with E-state index in [1.165, 1.54) is 11.3 Å². The van der Waals surface area contributed by atoms with Crippen LogP contribution in [0.3, 0.4) is 0 Å². The van der Waals surface area contributed by atoms with Crippen LogP contribution in [-0.4, -0.2) is 59.8 Å².